The summed E-state index contributed by atoms with van der Waals surface area (Å²) in [4.78, 5) is 23.8. The molecule has 0 atom stereocenters. The van der Waals surface area contributed by atoms with Crippen molar-refractivity contribution in [2.75, 3.05) is 14.2 Å². The molecule has 0 unspecified atom stereocenters. The second kappa shape index (κ2) is 6.30. The molecule has 0 saturated carbocycles. The molecule has 0 amide bonds. The summed E-state index contributed by atoms with van der Waals surface area (Å²) in [5.41, 5.74) is 0.996. The first-order valence-corrected chi connectivity index (χ1v) is 5.86. The van der Waals surface area contributed by atoms with Crippen molar-refractivity contribution in [1.29, 1.82) is 0 Å². The number of esters is 2. The zero-order valence-corrected chi connectivity index (χ0v) is 10.7. The molecule has 1 aromatic rings. The fourth-order valence-electron chi connectivity index (χ4n) is 1.22. The minimum atomic E-state index is -0.980. The molecule has 0 aromatic heterocycles. The second-order valence-corrected chi connectivity index (χ2v) is 4.46. The van der Waals surface area contributed by atoms with Gasteiger partial charge in [-0.3, -0.25) is 9.59 Å². The number of thioether (sulfide) groups is 1. The van der Waals surface area contributed by atoms with Crippen LogP contribution in [-0.2, 0) is 19.1 Å². The Morgan fingerprint density at radius 2 is 1.65 bits per heavy atom. The smallest absolute Gasteiger partial charge is 0.330 e. The first-order chi connectivity index (χ1) is 8.10. The van der Waals surface area contributed by atoms with Crippen LogP contribution in [0.25, 0.3) is 0 Å². The molecule has 0 N–H and O–H groups in total. The van der Waals surface area contributed by atoms with Crippen molar-refractivity contribution in [1.82, 2.24) is 0 Å². The Hall–Kier alpha value is -1.49. The summed E-state index contributed by atoms with van der Waals surface area (Å²) in [6.45, 7) is 1.91. The van der Waals surface area contributed by atoms with Crippen molar-refractivity contribution in [2.45, 2.75) is 17.1 Å². The average molecular weight is 254 g/mol. The highest BCUT2D eigenvalue weighted by Gasteiger charge is 2.30. The van der Waals surface area contributed by atoms with E-state index >= 15 is 0 Å². The lowest BCUT2D eigenvalue weighted by Gasteiger charge is -2.13. The van der Waals surface area contributed by atoms with Crippen LogP contribution in [0.3, 0.4) is 0 Å². The molecule has 4 nitrogen and oxygen atoms in total. The van der Waals surface area contributed by atoms with Gasteiger partial charge in [0.15, 0.2) is 0 Å². The number of hydrogen-bond donors (Lipinski definition) is 0. The molecule has 92 valence electrons. The van der Waals surface area contributed by atoms with Gasteiger partial charge in [-0.1, -0.05) is 30.0 Å². The third-order valence-corrected chi connectivity index (χ3v) is 3.50. The summed E-state index contributed by atoms with van der Waals surface area (Å²) in [5.74, 6) is -1.21. The molecule has 0 fully saturated rings. The Kier molecular flexibility index (Phi) is 5.03. The molecular weight excluding hydrogens is 240 g/mol. The Balaban J connectivity index is 2.91. The van der Waals surface area contributed by atoms with Gasteiger partial charge in [-0.2, -0.15) is 0 Å². The fraction of sp³-hybridized carbons (Fsp3) is 0.333. The Bertz CT molecular complexity index is 401. The first-order valence-electron chi connectivity index (χ1n) is 4.98. The Morgan fingerprint density at radius 1 is 1.12 bits per heavy atom. The number of carbonyl (C=O) groups excluding carboxylic acids is 2. The van der Waals surface area contributed by atoms with E-state index in [2.05, 4.69) is 9.47 Å². The molecule has 0 aliphatic rings. The van der Waals surface area contributed by atoms with Crippen molar-refractivity contribution in [3.8, 4) is 0 Å². The van der Waals surface area contributed by atoms with Crippen LogP contribution in [0.5, 0.6) is 0 Å². The third kappa shape index (κ3) is 3.49. The van der Waals surface area contributed by atoms with Gasteiger partial charge in [-0.25, -0.2) is 0 Å². The van der Waals surface area contributed by atoms with E-state index in [1.807, 2.05) is 31.2 Å². The fourth-order valence-corrected chi connectivity index (χ4v) is 2.27. The lowest BCUT2D eigenvalue weighted by molar-refractivity contribution is -0.150. The van der Waals surface area contributed by atoms with Gasteiger partial charge in [0.1, 0.15) is 0 Å². The number of hydrogen-bond acceptors (Lipinski definition) is 5. The largest absolute Gasteiger partial charge is 0.468 e. The van der Waals surface area contributed by atoms with Gasteiger partial charge >= 0.3 is 11.9 Å². The number of carbonyl (C=O) groups is 2. The van der Waals surface area contributed by atoms with Crippen molar-refractivity contribution in [3.05, 3.63) is 29.8 Å². The van der Waals surface area contributed by atoms with Gasteiger partial charge < -0.3 is 9.47 Å². The van der Waals surface area contributed by atoms with Crippen LogP contribution in [-0.4, -0.2) is 31.4 Å². The van der Waals surface area contributed by atoms with Crippen molar-refractivity contribution >= 4 is 23.7 Å². The van der Waals surface area contributed by atoms with Crippen LogP contribution in [0.15, 0.2) is 29.2 Å². The number of rotatable bonds is 4. The minimum Gasteiger partial charge on any atom is -0.468 e. The normalized spacial score (nSPS) is 10.1. The molecule has 1 aromatic carbocycles. The summed E-state index contributed by atoms with van der Waals surface area (Å²) >= 11 is 1.13. The summed E-state index contributed by atoms with van der Waals surface area (Å²) < 4.78 is 9.17. The molecule has 0 aliphatic carbocycles. The van der Waals surface area contributed by atoms with Crippen LogP contribution >= 0.6 is 11.8 Å². The maximum atomic E-state index is 11.5. The van der Waals surface area contributed by atoms with E-state index in [-0.39, 0.29) is 0 Å². The van der Waals surface area contributed by atoms with Gasteiger partial charge in [0.2, 0.25) is 5.25 Å². The van der Waals surface area contributed by atoms with Gasteiger partial charge in [0.05, 0.1) is 14.2 Å². The molecule has 0 spiro atoms. The molecule has 0 bridgehead atoms. The number of benzene rings is 1. The van der Waals surface area contributed by atoms with E-state index < -0.39 is 17.2 Å². The predicted octanol–water partition coefficient (Wildman–Crippen LogP) is 1.80. The topological polar surface area (TPSA) is 52.6 Å². The minimum absolute atomic E-state index is 0.606. The Labute approximate surface area is 104 Å². The maximum absolute atomic E-state index is 11.5. The van der Waals surface area contributed by atoms with Crippen LogP contribution < -0.4 is 0 Å². The lowest BCUT2D eigenvalue weighted by atomic mass is 10.2. The summed E-state index contributed by atoms with van der Waals surface area (Å²) in [6, 6.07) is 7.50. The van der Waals surface area contributed by atoms with Gasteiger partial charge in [0, 0.05) is 4.90 Å². The predicted molar refractivity (Wildman–Crippen MR) is 64.9 cm³/mol. The molecule has 5 heteroatoms. The molecule has 1 rings (SSSR count). The molecular formula is C12H14O4S. The maximum Gasteiger partial charge on any atom is 0.330 e. The highest BCUT2D eigenvalue weighted by Crippen LogP contribution is 2.27. The molecule has 0 aliphatic heterocycles. The van der Waals surface area contributed by atoms with Crippen molar-refractivity contribution in [2.24, 2.45) is 0 Å². The van der Waals surface area contributed by atoms with Gasteiger partial charge in [0.25, 0.3) is 0 Å². The van der Waals surface area contributed by atoms with Gasteiger partial charge in [-0.15, -0.1) is 0 Å². The monoisotopic (exact) mass is 254 g/mol. The lowest BCUT2D eigenvalue weighted by Crippen LogP contribution is -2.29. The second-order valence-electron chi connectivity index (χ2n) is 3.31. The van der Waals surface area contributed by atoms with Crippen LogP contribution in [0, 0.1) is 6.92 Å². The molecule has 17 heavy (non-hydrogen) atoms. The highest BCUT2D eigenvalue weighted by atomic mass is 32.2. The summed E-state index contributed by atoms with van der Waals surface area (Å²) in [6.07, 6.45) is 0. The average Bonchev–Trinajstić information content (AvgIpc) is 2.36. The molecule has 0 heterocycles. The number of ether oxygens (including phenoxy) is 2. The summed E-state index contributed by atoms with van der Waals surface area (Å²) in [7, 11) is 2.49. The van der Waals surface area contributed by atoms with E-state index in [0.717, 1.165) is 22.2 Å². The molecule has 0 radical (unpaired) electrons. The summed E-state index contributed by atoms with van der Waals surface area (Å²) in [5, 5.41) is -0.980. The van der Waals surface area contributed by atoms with Crippen LogP contribution in [0.4, 0.5) is 0 Å². The van der Waals surface area contributed by atoms with E-state index in [1.165, 1.54) is 14.2 Å². The third-order valence-electron chi connectivity index (χ3n) is 2.17. The zero-order chi connectivity index (χ0) is 12.8. The molecule has 0 saturated heterocycles. The van der Waals surface area contributed by atoms with Crippen LogP contribution in [0.1, 0.15) is 5.56 Å². The van der Waals surface area contributed by atoms with E-state index in [0.29, 0.717) is 0 Å². The van der Waals surface area contributed by atoms with E-state index in [4.69, 9.17) is 0 Å². The SMILES string of the molecule is COC(=O)C(Sc1ccccc1C)C(=O)OC. The van der Waals surface area contributed by atoms with E-state index in [9.17, 15) is 9.59 Å². The standard InChI is InChI=1S/C12H14O4S/c1-8-6-4-5-7-9(8)17-10(11(13)15-2)12(14)16-3/h4-7,10H,1-3H3. The highest BCUT2D eigenvalue weighted by molar-refractivity contribution is 8.01. The van der Waals surface area contributed by atoms with Crippen LogP contribution in [0.2, 0.25) is 0 Å². The van der Waals surface area contributed by atoms with E-state index in [1.54, 1.807) is 0 Å². The van der Waals surface area contributed by atoms with Crippen molar-refractivity contribution < 1.29 is 19.1 Å². The first kappa shape index (κ1) is 13.6. The zero-order valence-electron chi connectivity index (χ0n) is 9.93. The quantitative estimate of drug-likeness (QED) is 0.466. The Morgan fingerprint density at radius 3 is 2.12 bits per heavy atom. The van der Waals surface area contributed by atoms with Gasteiger partial charge in [-0.05, 0) is 18.6 Å². The number of methoxy groups -OCH3 is 2. The van der Waals surface area contributed by atoms with Crippen molar-refractivity contribution in [3.63, 3.8) is 0 Å². The number of aryl methyl sites for hydroxylation is 1.